The molecule has 22 heavy (non-hydrogen) atoms. The molecule has 2 aromatic rings. The molecule has 4 heteroatoms. The molecular formula is C18H20N2O2. The zero-order chi connectivity index (χ0) is 15.2. The van der Waals surface area contributed by atoms with Gasteiger partial charge in [-0.3, -0.25) is 4.98 Å². The summed E-state index contributed by atoms with van der Waals surface area (Å²) in [5, 5.41) is 3.38. The average molecular weight is 296 g/mol. The fourth-order valence-electron chi connectivity index (χ4n) is 2.44. The highest BCUT2D eigenvalue weighted by molar-refractivity contribution is 5.37. The van der Waals surface area contributed by atoms with Gasteiger partial charge in [-0.25, -0.2) is 0 Å². The van der Waals surface area contributed by atoms with Gasteiger partial charge in [0.15, 0.2) is 0 Å². The maximum absolute atomic E-state index is 5.83. The molecule has 1 aromatic carbocycles. The molecule has 4 nitrogen and oxygen atoms in total. The Balaban J connectivity index is 1.59. The number of pyridine rings is 1. The number of hydrogen-bond acceptors (Lipinski definition) is 4. The highest BCUT2D eigenvalue weighted by Crippen LogP contribution is 2.21. The highest BCUT2D eigenvalue weighted by Gasteiger charge is 2.09. The second-order valence-electron chi connectivity index (χ2n) is 5.23. The Morgan fingerprint density at radius 1 is 1.14 bits per heavy atom. The fourth-order valence-corrected chi connectivity index (χ4v) is 2.44. The van der Waals surface area contributed by atoms with Crippen LogP contribution in [0.4, 0.5) is 0 Å². The van der Waals surface area contributed by atoms with Crippen LogP contribution in [-0.4, -0.2) is 18.1 Å². The Morgan fingerprint density at radius 2 is 2.05 bits per heavy atom. The standard InChI is InChI=1S/C18H20N2O2/c1-2-9-21-18-6-4-16(20-12-18)13-22-17-5-3-14-7-8-19-11-15(14)10-17/h2-6,10,12,19H,1,7-9,11,13H2. The van der Waals surface area contributed by atoms with Gasteiger partial charge in [-0.1, -0.05) is 18.7 Å². The van der Waals surface area contributed by atoms with Crippen LogP contribution in [0.25, 0.3) is 0 Å². The lowest BCUT2D eigenvalue weighted by molar-refractivity contribution is 0.299. The minimum atomic E-state index is 0.452. The number of ether oxygens (including phenoxy) is 2. The quantitative estimate of drug-likeness (QED) is 0.832. The van der Waals surface area contributed by atoms with Crippen LogP contribution >= 0.6 is 0 Å². The summed E-state index contributed by atoms with van der Waals surface area (Å²) < 4.78 is 11.2. The number of aromatic nitrogens is 1. The van der Waals surface area contributed by atoms with Crippen molar-refractivity contribution < 1.29 is 9.47 Å². The number of fused-ring (bicyclic) bond motifs is 1. The third-order valence-corrected chi connectivity index (χ3v) is 3.62. The molecule has 114 valence electrons. The van der Waals surface area contributed by atoms with Crippen LogP contribution in [0, 0.1) is 0 Å². The molecule has 0 atom stereocenters. The van der Waals surface area contributed by atoms with E-state index in [0.717, 1.165) is 36.7 Å². The SMILES string of the molecule is C=CCOc1ccc(COc2ccc3c(c2)CNCC3)nc1. The predicted octanol–water partition coefficient (Wildman–Crippen LogP) is 2.87. The third kappa shape index (κ3) is 3.65. The van der Waals surface area contributed by atoms with Crippen LogP contribution in [0.5, 0.6) is 11.5 Å². The summed E-state index contributed by atoms with van der Waals surface area (Å²) >= 11 is 0. The minimum Gasteiger partial charge on any atom is -0.488 e. The molecule has 0 aliphatic carbocycles. The number of benzene rings is 1. The lowest BCUT2D eigenvalue weighted by atomic mass is 10.0. The minimum absolute atomic E-state index is 0.452. The van der Waals surface area contributed by atoms with E-state index in [2.05, 4.69) is 29.0 Å². The first-order chi connectivity index (χ1) is 10.8. The van der Waals surface area contributed by atoms with E-state index in [-0.39, 0.29) is 0 Å². The molecular weight excluding hydrogens is 276 g/mol. The zero-order valence-corrected chi connectivity index (χ0v) is 12.5. The van der Waals surface area contributed by atoms with Crippen LogP contribution in [0.2, 0.25) is 0 Å². The summed E-state index contributed by atoms with van der Waals surface area (Å²) in [6.45, 7) is 6.53. The first-order valence-corrected chi connectivity index (χ1v) is 7.49. The molecule has 2 heterocycles. The van der Waals surface area contributed by atoms with E-state index >= 15 is 0 Å². The molecule has 0 fully saturated rings. The summed E-state index contributed by atoms with van der Waals surface area (Å²) in [4.78, 5) is 4.34. The van der Waals surface area contributed by atoms with Crippen LogP contribution in [0.15, 0.2) is 49.2 Å². The van der Waals surface area contributed by atoms with Gasteiger partial charge in [0.25, 0.3) is 0 Å². The lowest BCUT2D eigenvalue weighted by Crippen LogP contribution is -2.23. The Labute approximate surface area is 130 Å². The van der Waals surface area contributed by atoms with E-state index < -0.39 is 0 Å². The average Bonchev–Trinajstić information content (AvgIpc) is 2.59. The lowest BCUT2D eigenvalue weighted by Gasteiger charge is -2.18. The summed E-state index contributed by atoms with van der Waals surface area (Å²) in [5.74, 6) is 1.62. The van der Waals surface area contributed by atoms with Crippen LogP contribution in [0.3, 0.4) is 0 Å². The Bertz CT molecular complexity index is 638. The number of rotatable bonds is 6. The summed E-state index contributed by atoms with van der Waals surface area (Å²) in [7, 11) is 0. The van der Waals surface area contributed by atoms with Gasteiger partial charge in [-0.05, 0) is 48.4 Å². The van der Waals surface area contributed by atoms with E-state index in [1.165, 1.54) is 11.1 Å². The molecule has 1 aromatic heterocycles. The Hall–Kier alpha value is -2.33. The van der Waals surface area contributed by atoms with Crippen molar-refractivity contribution >= 4 is 0 Å². The van der Waals surface area contributed by atoms with Gasteiger partial charge < -0.3 is 14.8 Å². The van der Waals surface area contributed by atoms with Crippen LogP contribution in [0.1, 0.15) is 16.8 Å². The first kappa shape index (κ1) is 14.6. The van der Waals surface area contributed by atoms with E-state index in [4.69, 9.17) is 9.47 Å². The number of nitrogens with zero attached hydrogens (tertiary/aromatic N) is 1. The molecule has 1 aliphatic rings. The third-order valence-electron chi connectivity index (χ3n) is 3.62. The van der Waals surface area contributed by atoms with Gasteiger partial charge in [0.05, 0.1) is 11.9 Å². The second-order valence-corrected chi connectivity index (χ2v) is 5.23. The van der Waals surface area contributed by atoms with E-state index in [9.17, 15) is 0 Å². The highest BCUT2D eigenvalue weighted by atomic mass is 16.5. The van der Waals surface area contributed by atoms with Gasteiger partial charge in [-0.15, -0.1) is 0 Å². The molecule has 0 unspecified atom stereocenters. The summed E-state index contributed by atoms with van der Waals surface area (Å²) in [6.07, 6.45) is 4.50. The van der Waals surface area contributed by atoms with Crippen molar-refractivity contribution in [1.29, 1.82) is 0 Å². The van der Waals surface area contributed by atoms with E-state index in [0.29, 0.717) is 13.2 Å². The Morgan fingerprint density at radius 3 is 2.86 bits per heavy atom. The zero-order valence-electron chi connectivity index (χ0n) is 12.5. The molecule has 0 bridgehead atoms. The summed E-state index contributed by atoms with van der Waals surface area (Å²) in [6, 6.07) is 10.1. The van der Waals surface area contributed by atoms with Crippen molar-refractivity contribution in [1.82, 2.24) is 10.3 Å². The molecule has 3 rings (SSSR count). The molecule has 0 saturated heterocycles. The summed E-state index contributed by atoms with van der Waals surface area (Å²) in [5.41, 5.74) is 3.61. The van der Waals surface area contributed by atoms with Gasteiger partial charge in [0.1, 0.15) is 24.7 Å². The molecule has 0 amide bonds. The number of hydrogen-bond donors (Lipinski definition) is 1. The smallest absolute Gasteiger partial charge is 0.138 e. The van der Waals surface area contributed by atoms with Crippen molar-refractivity contribution in [2.45, 2.75) is 19.6 Å². The first-order valence-electron chi connectivity index (χ1n) is 7.49. The fraction of sp³-hybridized carbons (Fsp3) is 0.278. The predicted molar refractivity (Wildman–Crippen MR) is 86.1 cm³/mol. The van der Waals surface area contributed by atoms with Crippen molar-refractivity contribution in [3.8, 4) is 11.5 Å². The van der Waals surface area contributed by atoms with E-state index in [1.807, 2.05) is 18.2 Å². The van der Waals surface area contributed by atoms with Crippen molar-refractivity contribution in [3.63, 3.8) is 0 Å². The maximum Gasteiger partial charge on any atom is 0.138 e. The van der Waals surface area contributed by atoms with Gasteiger partial charge in [0.2, 0.25) is 0 Å². The largest absolute Gasteiger partial charge is 0.488 e. The monoisotopic (exact) mass is 296 g/mol. The van der Waals surface area contributed by atoms with Gasteiger partial charge in [0, 0.05) is 6.54 Å². The van der Waals surface area contributed by atoms with Crippen molar-refractivity contribution in [2.24, 2.45) is 0 Å². The molecule has 0 saturated carbocycles. The topological polar surface area (TPSA) is 43.4 Å². The normalized spacial score (nSPS) is 13.3. The van der Waals surface area contributed by atoms with Crippen LogP contribution < -0.4 is 14.8 Å². The molecule has 1 aliphatic heterocycles. The molecule has 0 spiro atoms. The number of nitrogens with one attached hydrogen (secondary N) is 1. The Kier molecular flexibility index (Phi) is 4.71. The maximum atomic E-state index is 5.83. The van der Waals surface area contributed by atoms with Gasteiger partial charge >= 0.3 is 0 Å². The van der Waals surface area contributed by atoms with Gasteiger partial charge in [-0.2, -0.15) is 0 Å². The molecule has 0 radical (unpaired) electrons. The van der Waals surface area contributed by atoms with E-state index in [1.54, 1.807) is 12.3 Å². The molecule has 1 N–H and O–H groups in total. The van der Waals surface area contributed by atoms with Crippen LogP contribution in [-0.2, 0) is 19.6 Å². The van der Waals surface area contributed by atoms with Crippen molar-refractivity contribution in [2.75, 3.05) is 13.2 Å². The van der Waals surface area contributed by atoms with Crippen molar-refractivity contribution in [3.05, 3.63) is 66.0 Å². The second kappa shape index (κ2) is 7.09.